The van der Waals surface area contributed by atoms with Gasteiger partial charge >= 0.3 is 0 Å². The van der Waals surface area contributed by atoms with E-state index in [0.29, 0.717) is 36.7 Å². The van der Waals surface area contributed by atoms with Gasteiger partial charge in [-0.3, -0.25) is 13.9 Å². The summed E-state index contributed by atoms with van der Waals surface area (Å²) in [7, 11) is -4.22. The Balaban J connectivity index is 1.50. The third-order valence-corrected chi connectivity index (χ3v) is 9.82. The lowest BCUT2D eigenvalue weighted by molar-refractivity contribution is -0.140. The molecule has 9 nitrogen and oxygen atoms in total. The summed E-state index contributed by atoms with van der Waals surface area (Å²) >= 11 is 0. The van der Waals surface area contributed by atoms with Crippen LogP contribution in [-0.4, -0.2) is 57.0 Å². The molecule has 3 aromatic rings. The first-order chi connectivity index (χ1) is 21.3. The molecular formula is C33H38FN3O6S. The first-order valence-electron chi connectivity index (χ1n) is 15.1. The Morgan fingerprint density at radius 2 is 1.61 bits per heavy atom. The van der Waals surface area contributed by atoms with Crippen LogP contribution in [0.5, 0.6) is 11.5 Å². The van der Waals surface area contributed by atoms with Crippen molar-refractivity contribution in [2.75, 3.05) is 24.1 Å². The monoisotopic (exact) mass is 623 g/mol. The van der Waals surface area contributed by atoms with Gasteiger partial charge in [-0.25, -0.2) is 12.8 Å². The SMILES string of the molecule is CCC(C(=O)NC1CCCCC1)N(Cc1ccc(F)cc1)C(=O)CN(c1ccc2c(c1)OCCO2)S(=O)(=O)c1ccccc1. The van der Waals surface area contributed by atoms with Crippen molar-refractivity contribution in [3.8, 4) is 11.5 Å². The summed E-state index contributed by atoms with van der Waals surface area (Å²) < 4.78 is 54.2. The molecule has 1 aliphatic carbocycles. The van der Waals surface area contributed by atoms with Crippen molar-refractivity contribution in [3.05, 3.63) is 84.2 Å². The highest BCUT2D eigenvalue weighted by molar-refractivity contribution is 7.92. The van der Waals surface area contributed by atoms with Crippen LogP contribution in [0.25, 0.3) is 0 Å². The van der Waals surface area contributed by atoms with Gasteiger partial charge in [-0.2, -0.15) is 0 Å². The first kappa shape index (κ1) is 31.3. The molecule has 44 heavy (non-hydrogen) atoms. The van der Waals surface area contributed by atoms with E-state index in [4.69, 9.17) is 9.47 Å². The number of rotatable bonds is 11. The zero-order valence-corrected chi connectivity index (χ0v) is 25.6. The maximum Gasteiger partial charge on any atom is 0.264 e. The number of carbonyl (C=O) groups excluding carboxylic acids is 2. The van der Waals surface area contributed by atoms with Gasteiger partial charge in [0.2, 0.25) is 11.8 Å². The van der Waals surface area contributed by atoms with Crippen LogP contribution in [0.4, 0.5) is 10.1 Å². The fourth-order valence-electron chi connectivity index (χ4n) is 5.69. The van der Waals surface area contributed by atoms with Gasteiger partial charge in [0.05, 0.1) is 10.6 Å². The van der Waals surface area contributed by atoms with E-state index in [1.807, 2.05) is 6.92 Å². The number of benzene rings is 3. The summed E-state index contributed by atoms with van der Waals surface area (Å²) in [6.45, 7) is 1.91. The van der Waals surface area contributed by atoms with Crippen LogP contribution >= 0.6 is 0 Å². The maximum atomic E-state index is 14.3. The van der Waals surface area contributed by atoms with Crippen molar-refractivity contribution >= 4 is 27.5 Å². The molecule has 1 fully saturated rings. The van der Waals surface area contributed by atoms with Gasteiger partial charge in [0, 0.05) is 18.7 Å². The number of halogens is 1. The highest BCUT2D eigenvalue weighted by Crippen LogP contribution is 2.36. The molecule has 0 saturated heterocycles. The van der Waals surface area contributed by atoms with E-state index in [9.17, 15) is 22.4 Å². The standard InChI is InChI=1S/C33H38FN3O6S/c1-2-29(33(39)35-26-9-5-3-6-10-26)36(22-24-13-15-25(34)16-14-24)32(38)23-37(44(40,41)28-11-7-4-8-12-28)27-17-18-30-31(21-27)43-20-19-42-30/h4,7-8,11-18,21,26,29H,2-3,5-6,9-10,19-20,22-23H2,1H3,(H,35,39). The lowest BCUT2D eigenvalue weighted by Crippen LogP contribution is -2.54. The Bertz CT molecular complexity index is 1550. The van der Waals surface area contributed by atoms with Crippen LogP contribution in [0.2, 0.25) is 0 Å². The molecule has 2 amide bonds. The van der Waals surface area contributed by atoms with E-state index in [2.05, 4.69) is 5.32 Å². The highest BCUT2D eigenvalue weighted by atomic mass is 32.2. The fourth-order valence-corrected chi connectivity index (χ4v) is 7.11. The van der Waals surface area contributed by atoms with Gasteiger partial charge in [0.15, 0.2) is 11.5 Å². The number of nitrogens with zero attached hydrogens (tertiary/aromatic N) is 2. The summed E-state index contributed by atoms with van der Waals surface area (Å²) in [5.74, 6) is -0.434. The Labute approximate surface area is 258 Å². The number of anilines is 1. The molecule has 234 valence electrons. The topological polar surface area (TPSA) is 105 Å². The lowest BCUT2D eigenvalue weighted by atomic mass is 9.95. The lowest BCUT2D eigenvalue weighted by Gasteiger charge is -2.34. The Morgan fingerprint density at radius 1 is 0.932 bits per heavy atom. The number of ether oxygens (including phenoxy) is 2. The predicted molar refractivity (Wildman–Crippen MR) is 164 cm³/mol. The molecular weight excluding hydrogens is 585 g/mol. The molecule has 0 bridgehead atoms. The van der Waals surface area contributed by atoms with Crippen molar-refractivity contribution in [1.29, 1.82) is 0 Å². The summed E-state index contributed by atoms with van der Waals surface area (Å²) in [5, 5.41) is 3.12. The van der Waals surface area contributed by atoms with Crippen LogP contribution in [0.3, 0.4) is 0 Å². The van der Waals surface area contributed by atoms with Crippen LogP contribution < -0.4 is 19.1 Å². The van der Waals surface area contributed by atoms with Crippen molar-refractivity contribution in [1.82, 2.24) is 10.2 Å². The quantitative estimate of drug-likeness (QED) is 0.321. The number of fused-ring (bicyclic) bond motifs is 1. The number of nitrogens with one attached hydrogen (secondary N) is 1. The summed E-state index contributed by atoms with van der Waals surface area (Å²) in [5.41, 5.74) is 0.827. The smallest absolute Gasteiger partial charge is 0.264 e. The second kappa shape index (κ2) is 14.1. The van der Waals surface area contributed by atoms with Crippen LogP contribution in [0.1, 0.15) is 51.0 Å². The molecule has 1 aliphatic heterocycles. The summed E-state index contributed by atoms with van der Waals surface area (Å²) in [6, 6.07) is 17.5. The molecule has 0 spiro atoms. The number of carbonyl (C=O) groups is 2. The number of hydrogen-bond donors (Lipinski definition) is 1. The van der Waals surface area contributed by atoms with E-state index >= 15 is 0 Å². The molecule has 1 unspecified atom stereocenters. The van der Waals surface area contributed by atoms with Crippen LogP contribution in [-0.2, 0) is 26.2 Å². The van der Waals surface area contributed by atoms with E-state index in [-0.39, 0.29) is 29.1 Å². The average molecular weight is 624 g/mol. The molecule has 11 heteroatoms. The van der Waals surface area contributed by atoms with E-state index in [0.717, 1.165) is 36.4 Å². The molecule has 1 N–H and O–H groups in total. The highest BCUT2D eigenvalue weighted by Gasteiger charge is 2.35. The second-order valence-electron chi connectivity index (χ2n) is 11.1. The minimum absolute atomic E-state index is 0.00390. The Kier molecular flexibility index (Phi) is 10.0. The third-order valence-electron chi connectivity index (χ3n) is 8.03. The average Bonchev–Trinajstić information content (AvgIpc) is 3.05. The van der Waals surface area contributed by atoms with Gasteiger partial charge in [-0.1, -0.05) is 56.5 Å². The minimum Gasteiger partial charge on any atom is -0.486 e. The van der Waals surface area contributed by atoms with Crippen molar-refractivity contribution in [3.63, 3.8) is 0 Å². The van der Waals surface area contributed by atoms with E-state index < -0.39 is 34.3 Å². The van der Waals surface area contributed by atoms with Crippen molar-refractivity contribution in [2.45, 2.75) is 69.0 Å². The second-order valence-corrected chi connectivity index (χ2v) is 12.9. The van der Waals surface area contributed by atoms with Gasteiger partial charge in [-0.15, -0.1) is 0 Å². The fraction of sp³-hybridized carbons (Fsp3) is 0.394. The molecule has 1 heterocycles. The molecule has 2 aliphatic rings. The summed E-state index contributed by atoms with van der Waals surface area (Å²) in [4.78, 5) is 29.3. The number of sulfonamides is 1. The molecule has 5 rings (SSSR count). The molecule has 0 aromatic heterocycles. The van der Waals surface area contributed by atoms with Crippen molar-refractivity contribution in [2.24, 2.45) is 0 Å². The predicted octanol–water partition coefficient (Wildman–Crippen LogP) is 5.05. The maximum absolute atomic E-state index is 14.3. The Morgan fingerprint density at radius 3 is 2.30 bits per heavy atom. The molecule has 3 aromatic carbocycles. The van der Waals surface area contributed by atoms with Gasteiger partial charge in [-0.05, 0) is 61.2 Å². The molecule has 1 atom stereocenters. The summed E-state index contributed by atoms with van der Waals surface area (Å²) in [6.07, 6.45) is 5.25. The van der Waals surface area contributed by atoms with Crippen LogP contribution in [0.15, 0.2) is 77.7 Å². The zero-order chi connectivity index (χ0) is 31.1. The van der Waals surface area contributed by atoms with Gasteiger partial charge in [0.1, 0.15) is 31.6 Å². The van der Waals surface area contributed by atoms with E-state index in [1.165, 1.54) is 29.2 Å². The van der Waals surface area contributed by atoms with Crippen LogP contribution in [0, 0.1) is 5.82 Å². The Hall–Kier alpha value is -4.12. The van der Waals surface area contributed by atoms with Gasteiger partial charge < -0.3 is 19.7 Å². The largest absolute Gasteiger partial charge is 0.486 e. The third kappa shape index (κ3) is 7.32. The number of hydrogen-bond acceptors (Lipinski definition) is 6. The van der Waals surface area contributed by atoms with E-state index in [1.54, 1.807) is 48.5 Å². The van der Waals surface area contributed by atoms with Crippen molar-refractivity contribution < 1.29 is 31.9 Å². The zero-order valence-electron chi connectivity index (χ0n) is 24.8. The normalized spacial score (nSPS) is 15.7. The first-order valence-corrected chi connectivity index (χ1v) is 16.5. The minimum atomic E-state index is -4.22. The van der Waals surface area contributed by atoms with Gasteiger partial charge in [0.25, 0.3) is 10.0 Å². The molecule has 1 saturated carbocycles. The molecule has 0 radical (unpaired) electrons. The number of amides is 2.